The van der Waals surface area contributed by atoms with Crippen LogP contribution in [0.25, 0.3) is 242 Å². The van der Waals surface area contributed by atoms with Crippen LogP contribution in [0.2, 0.25) is 0 Å². The molecule has 0 spiro atoms. The molecular weight excluding hydrogens is 1360 g/mol. The zero-order valence-corrected chi connectivity index (χ0v) is 59.6. The van der Waals surface area contributed by atoms with Crippen LogP contribution in [0.1, 0.15) is 24.2 Å². The van der Waals surface area contributed by atoms with E-state index in [-0.39, 0.29) is 0 Å². The molecule has 1 aliphatic rings. The van der Waals surface area contributed by atoms with Gasteiger partial charge in [0.25, 0.3) is 0 Å². The van der Waals surface area contributed by atoms with E-state index >= 15 is 0 Å². The van der Waals surface area contributed by atoms with Crippen LogP contribution >= 0.6 is 0 Å². The van der Waals surface area contributed by atoms with Gasteiger partial charge < -0.3 is 13.3 Å². The lowest BCUT2D eigenvalue weighted by Crippen LogP contribution is -2.05. The van der Waals surface area contributed by atoms with Crippen LogP contribution < -0.4 is 0 Å². The van der Waals surface area contributed by atoms with E-state index in [9.17, 15) is 0 Å². The highest BCUT2D eigenvalue weighted by Gasteiger charge is 2.28. The quantitative estimate of drug-likeness (QED) is 0.109. The van der Waals surface area contributed by atoms with Gasteiger partial charge in [-0.1, -0.05) is 249 Å². The number of pyridine rings is 2. The van der Waals surface area contributed by atoms with Crippen molar-refractivity contribution in [3.05, 3.63) is 345 Å². The first kappa shape index (κ1) is 61.4. The van der Waals surface area contributed by atoms with Crippen LogP contribution in [0.3, 0.4) is 0 Å². The van der Waals surface area contributed by atoms with Crippen LogP contribution in [-0.4, -0.2) is 24.9 Å². The molecule has 0 saturated heterocycles. The zero-order valence-electron chi connectivity index (χ0n) is 59.6. The zero-order chi connectivity index (χ0) is 72.5. The molecule has 514 valence electrons. The topological polar surface area (TPSA) is 104 Å². The smallest absolute Gasteiger partial charge is 0.165 e. The third-order valence-corrected chi connectivity index (χ3v) is 23.3. The van der Waals surface area contributed by atoms with Crippen molar-refractivity contribution < 1.29 is 13.3 Å². The molecule has 8 heteroatoms. The van der Waals surface area contributed by atoms with Crippen molar-refractivity contribution in [1.82, 2.24) is 24.9 Å². The molecule has 6 heterocycles. The van der Waals surface area contributed by atoms with Crippen LogP contribution in [0.5, 0.6) is 0 Å². The molecule has 0 bridgehead atoms. The van der Waals surface area contributed by atoms with Crippen molar-refractivity contribution in [2.45, 2.75) is 12.8 Å². The Balaban J connectivity index is 0.714. The first-order valence-corrected chi connectivity index (χ1v) is 37.9. The summed E-state index contributed by atoms with van der Waals surface area (Å²) in [6.45, 7) is 0. The Morgan fingerprint density at radius 1 is 0.234 bits per heavy atom. The van der Waals surface area contributed by atoms with E-state index in [2.05, 4.69) is 322 Å². The highest BCUT2D eigenvalue weighted by Crippen LogP contribution is 2.51. The standard InChI is InChI=1S/C103H59N5O3/c1-3-22-58(23-4-1)98-79-48-51-90-96(93(79)77-37-15-18-39-85(77)104-98)82-55-63(45-50-88(82)109-90)92-73-33-11-13-35-75(73)95(76-36-14-12-34-74(76)92)103-107-101(106-102(108-103)65-43-47-72-71-32-17-20-41-87(71)110-91(72)56-65)64-27-21-26-62(52-64)80-57-84-94(78-38-16-19-40-86(78)105-99(84)59-24-5-2-6-25-59)97-83-54-61(44-49-89(83)111-100(80)97)60-42-46-70-68-30-8-7-28-66(68)67-29-9-10-31-69(67)81(70)53-60/h1-20,22-25,27-57H,21,26H2. The Bertz CT molecular complexity index is 7990. The minimum absolute atomic E-state index is 0.526. The SMILES string of the molecule is C1=C(c2nc(-c3ccc4c(c3)oc3ccccc34)nc(-c3c4ccccc4c(-c4ccc5oc6ccc7c(-c8ccccc8)nc8ccccc8c7c6c5c4)c4ccccc34)n2)C=C(c2cc3c(-c4ccccc4)nc4ccccc4c3c3c2oc2ccc(-c4ccc5c6ccccc6c6ccccc6c5c4)cc23)CC1. The van der Waals surface area contributed by atoms with E-state index in [4.69, 9.17) is 38.2 Å². The van der Waals surface area contributed by atoms with E-state index in [1.807, 2.05) is 12.1 Å². The number of rotatable bonds is 8. The lowest BCUT2D eigenvalue weighted by Gasteiger charge is -2.19. The second-order valence-corrected chi connectivity index (χ2v) is 29.4. The average molecular weight is 1410 g/mol. The number of furan rings is 3. The van der Waals surface area contributed by atoms with Crippen LogP contribution in [0, 0.1) is 0 Å². The second-order valence-electron chi connectivity index (χ2n) is 29.4. The van der Waals surface area contributed by atoms with Crippen LogP contribution in [0.4, 0.5) is 0 Å². The fraction of sp³-hybridized carbons (Fsp3) is 0.0194. The Morgan fingerprint density at radius 3 is 1.35 bits per heavy atom. The van der Waals surface area contributed by atoms with Crippen molar-refractivity contribution in [2.24, 2.45) is 0 Å². The van der Waals surface area contributed by atoms with E-state index < -0.39 is 0 Å². The maximum Gasteiger partial charge on any atom is 0.165 e. The summed E-state index contributed by atoms with van der Waals surface area (Å²) in [5, 5.41) is 24.3. The lowest BCUT2D eigenvalue weighted by molar-refractivity contribution is 0.667. The second kappa shape index (κ2) is 23.9. The molecule has 0 amide bonds. The molecule has 0 atom stereocenters. The molecule has 0 fully saturated rings. The number of benzene rings is 17. The van der Waals surface area contributed by atoms with Crippen molar-refractivity contribution in [2.75, 3.05) is 0 Å². The number of nitrogens with zero attached hydrogens (tertiary/aromatic N) is 5. The number of fused-ring (bicyclic) bond motifs is 25. The summed E-state index contributed by atoms with van der Waals surface area (Å²) in [6, 6.07) is 115. The highest BCUT2D eigenvalue weighted by molar-refractivity contribution is 6.32. The number of aromatic nitrogens is 5. The molecular formula is C103H59N5O3. The summed E-state index contributed by atoms with van der Waals surface area (Å²) < 4.78 is 20.9. The van der Waals surface area contributed by atoms with Gasteiger partial charge in [-0.15, -0.1) is 0 Å². The maximum absolute atomic E-state index is 7.43. The maximum atomic E-state index is 7.43. The van der Waals surface area contributed by atoms with Gasteiger partial charge in [0.15, 0.2) is 17.5 Å². The third-order valence-electron chi connectivity index (χ3n) is 23.3. The van der Waals surface area contributed by atoms with Crippen molar-refractivity contribution in [1.29, 1.82) is 0 Å². The van der Waals surface area contributed by atoms with Gasteiger partial charge in [0.05, 0.1) is 22.4 Å². The summed E-state index contributed by atoms with van der Waals surface area (Å²) in [6.07, 6.45) is 6.04. The monoisotopic (exact) mass is 1410 g/mol. The van der Waals surface area contributed by atoms with E-state index in [1.165, 1.54) is 32.3 Å². The summed E-state index contributed by atoms with van der Waals surface area (Å²) >= 11 is 0. The normalized spacial score (nSPS) is 12.9. The Morgan fingerprint density at radius 2 is 0.676 bits per heavy atom. The van der Waals surface area contributed by atoms with Gasteiger partial charge in [-0.3, -0.25) is 0 Å². The van der Waals surface area contributed by atoms with Crippen LogP contribution in [-0.2, 0) is 0 Å². The largest absolute Gasteiger partial charge is 0.456 e. The van der Waals surface area contributed by atoms with Gasteiger partial charge >= 0.3 is 0 Å². The number of allylic oxidation sites excluding steroid dienone is 4. The predicted molar refractivity (Wildman–Crippen MR) is 459 cm³/mol. The molecule has 111 heavy (non-hydrogen) atoms. The van der Waals surface area contributed by atoms with E-state index in [0.717, 1.165) is 210 Å². The molecule has 24 rings (SSSR count). The molecule has 0 saturated carbocycles. The fourth-order valence-electron chi connectivity index (χ4n) is 18.3. The summed E-state index contributed by atoms with van der Waals surface area (Å²) in [5.74, 6) is 1.63. The predicted octanol–water partition coefficient (Wildman–Crippen LogP) is 28.0. The number of para-hydroxylation sites is 3. The average Bonchev–Trinajstić information content (AvgIpc) is 1.56. The molecule has 0 unspecified atom stereocenters. The minimum atomic E-state index is 0.526. The van der Waals surface area contributed by atoms with Crippen molar-refractivity contribution in [3.8, 4) is 67.5 Å². The minimum Gasteiger partial charge on any atom is -0.456 e. The third kappa shape index (κ3) is 9.38. The van der Waals surface area contributed by atoms with Gasteiger partial charge in [-0.25, -0.2) is 24.9 Å². The van der Waals surface area contributed by atoms with Gasteiger partial charge in [0.2, 0.25) is 0 Å². The van der Waals surface area contributed by atoms with Crippen molar-refractivity contribution in [3.63, 3.8) is 0 Å². The van der Waals surface area contributed by atoms with Crippen LogP contribution in [0.15, 0.2) is 347 Å². The molecule has 6 aromatic heterocycles. The molecule has 0 aliphatic heterocycles. The van der Waals surface area contributed by atoms with Gasteiger partial charge in [-0.05, 0) is 179 Å². The van der Waals surface area contributed by atoms with Crippen molar-refractivity contribution >= 4 is 174 Å². The molecule has 17 aromatic carbocycles. The molecule has 23 aromatic rings. The molecule has 0 radical (unpaired) electrons. The Hall–Kier alpha value is -14.7. The fourth-order valence-corrected chi connectivity index (χ4v) is 18.3. The summed E-state index contributed by atoms with van der Waals surface area (Å²) in [7, 11) is 0. The number of hydrogen-bond acceptors (Lipinski definition) is 8. The highest BCUT2D eigenvalue weighted by atomic mass is 16.3. The lowest BCUT2D eigenvalue weighted by atomic mass is 9.87. The Labute approximate surface area is 633 Å². The Kier molecular flexibility index (Phi) is 13.2. The van der Waals surface area contributed by atoms with Gasteiger partial charge in [0.1, 0.15) is 33.5 Å². The molecule has 0 N–H and O–H groups in total. The van der Waals surface area contributed by atoms with Gasteiger partial charge in [-0.2, -0.15) is 0 Å². The first-order chi connectivity index (χ1) is 55.0. The number of hydrogen-bond donors (Lipinski definition) is 0. The molecule has 8 nitrogen and oxygen atoms in total. The first-order valence-electron chi connectivity index (χ1n) is 37.9. The van der Waals surface area contributed by atoms with E-state index in [0.29, 0.717) is 23.9 Å². The summed E-state index contributed by atoms with van der Waals surface area (Å²) in [4.78, 5) is 27.8. The van der Waals surface area contributed by atoms with Gasteiger partial charge in [0, 0.05) is 98.0 Å². The van der Waals surface area contributed by atoms with E-state index in [1.54, 1.807) is 0 Å². The summed E-state index contributed by atoms with van der Waals surface area (Å²) in [5.41, 5.74) is 19.7. The molecule has 1 aliphatic carbocycles.